The van der Waals surface area contributed by atoms with Crippen LogP contribution in [0.4, 0.5) is 5.69 Å². The molecule has 0 radical (unpaired) electrons. The van der Waals surface area contributed by atoms with Crippen molar-refractivity contribution >= 4 is 11.6 Å². The molecule has 0 N–H and O–H groups in total. The average Bonchev–Trinajstić information content (AvgIpc) is 2.67. The number of anilines is 1. The minimum absolute atomic E-state index is 0.187. The molecule has 2 heterocycles. The van der Waals surface area contributed by atoms with E-state index in [0.29, 0.717) is 11.8 Å². The highest BCUT2D eigenvalue weighted by Crippen LogP contribution is 2.30. The van der Waals surface area contributed by atoms with Crippen molar-refractivity contribution in [3.05, 3.63) is 65.7 Å². The van der Waals surface area contributed by atoms with Crippen molar-refractivity contribution in [1.29, 1.82) is 0 Å². The lowest BCUT2D eigenvalue weighted by Gasteiger charge is -2.46. The maximum atomic E-state index is 13.0. The molecule has 4 heteroatoms. The van der Waals surface area contributed by atoms with E-state index >= 15 is 0 Å². The van der Waals surface area contributed by atoms with Gasteiger partial charge in [0.15, 0.2) is 0 Å². The summed E-state index contributed by atoms with van der Waals surface area (Å²) in [5, 5.41) is 0. The number of amides is 1. The van der Waals surface area contributed by atoms with E-state index in [4.69, 9.17) is 0 Å². The normalized spacial score (nSPS) is 22.5. The fourth-order valence-electron chi connectivity index (χ4n) is 4.61. The molecular formula is C23H29N3O. The zero-order chi connectivity index (χ0) is 18.8. The summed E-state index contributed by atoms with van der Waals surface area (Å²) in [4.78, 5) is 19.7. The molecule has 2 fully saturated rings. The average molecular weight is 364 g/mol. The molecule has 2 aromatic rings. The van der Waals surface area contributed by atoms with Gasteiger partial charge < -0.3 is 9.80 Å². The molecule has 0 saturated carbocycles. The third-order valence-electron chi connectivity index (χ3n) is 5.82. The van der Waals surface area contributed by atoms with Gasteiger partial charge in [0.2, 0.25) is 0 Å². The predicted molar refractivity (Wildman–Crippen MR) is 110 cm³/mol. The van der Waals surface area contributed by atoms with Gasteiger partial charge in [-0.3, -0.25) is 9.69 Å². The Morgan fingerprint density at radius 1 is 0.926 bits per heavy atom. The van der Waals surface area contributed by atoms with Crippen molar-refractivity contribution < 1.29 is 4.79 Å². The largest absolute Gasteiger partial charge is 0.378 e. The molecule has 142 valence electrons. The molecule has 2 aliphatic heterocycles. The SMILES string of the molecule is CN(C)c1ccc(C(=O)N2CC3CC(CN(Cc4ccccc4)C3)C2)cc1. The Morgan fingerprint density at radius 3 is 2.15 bits per heavy atom. The zero-order valence-electron chi connectivity index (χ0n) is 16.3. The molecule has 27 heavy (non-hydrogen) atoms. The summed E-state index contributed by atoms with van der Waals surface area (Å²) in [7, 11) is 4.04. The third-order valence-corrected chi connectivity index (χ3v) is 5.82. The molecule has 2 atom stereocenters. The van der Waals surface area contributed by atoms with Gasteiger partial charge in [-0.25, -0.2) is 0 Å². The van der Waals surface area contributed by atoms with Crippen molar-refractivity contribution in [1.82, 2.24) is 9.80 Å². The lowest BCUT2D eigenvalue weighted by molar-refractivity contribution is 0.0238. The molecule has 2 unspecified atom stereocenters. The number of piperidine rings is 2. The van der Waals surface area contributed by atoms with Crippen molar-refractivity contribution in [3.63, 3.8) is 0 Å². The second-order valence-electron chi connectivity index (χ2n) is 8.30. The number of carbonyl (C=O) groups excluding carboxylic acids is 1. The fraction of sp³-hybridized carbons (Fsp3) is 0.435. The molecule has 4 rings (SSSR count). The Balaban J connectivity index is 1.39. The second-order valence-corrected chi connectivity index (χ2v) is 8.30. The van der Waals surface area contributed by atoms with Crippen LogP contribution < -0.4 is 4.90 Å². The van der Waals surface area contributed by atoms with E-state index in [1.54, 1.807) is 0 Å². The summed E-state index contributed by atoms with van der Waals surface area (Å²) < 4.78 is 0. The van der Waals surface area contributed by atoms with Crippen LogP contribution >= 0.6 is 0 Å². The second kappa shape index (κ2) is 7.73. The van der Waals surface area contributed by atoms with Gasteiger partial charge in [0.05, 0.1) is 0 Å². The van der Waals surface area contributed by atoms with E-state index in [1.807, 2.05) is 38.4 Å². The van der Waals surface area contributed by atoms with Gasteiger partial charge in [0, 0.05) is 58.1 Å². The van der Waals surface area contributed by atoms with Crippen LogP contribution in [0.15, 0.2) is 54.6 Å². The van der Waals surface area contributed by atoms with Gasteiger partial charge in [-0.1, -0.05) is 30.3 Å². The lowest BCUT2D eigenvalue weighted by Crippen LogP contribution is -2.53. The van der Waals surface area contributed by atoms with Crippen LogP contribution in [-0.4, -0.2) is 56.0 Å². The standard InChI is InChI=1S/C23H29N3O/c1-24(2)22-10-8-21(9-11-22)23(27)26-16-19-12-20(17-26)15-25(14-19)13-18-6-4-3-5-7-18/h3-11,19-20H,12-17H2,1-2H3. The van der Waals surface area contributed by atoms with Gasteiger partial charge in [-0.05, 0) is 48.1 Å². The van der Waals surface area contributed by atoms with Crippen LogP contribution in [0.5, 0.6) is 0 Å². The van der Waals surface area contributed by atoms with Gasteiger partial charge >= 0.3 is 0 Å². The molecule has 0 aromatic heterocycles. The van der Waals surface area contributed by atoms with Gasteiger partial charge in [-0.2, -0.15) is 0 Å². The smallest absolute Gasteiger partial charge is 0.253 e. The molecule has 2 bridgehead atoms. The van der Waals surface area contributed by atoms with Crippen LogP contribution in [0, 0.1) is 11.8 Å². The number of hydrogen-bond acceptors (Lipinski definition) is 3. The van der Waals surface area contributed by atoms with Crippen molar-refractivity contribution in [2.24, 2.45) is 11.8 Å². The van der Waals surface area contributed by atoms with E-state index in [0.717, 1.165) is 44.0 Å². The Labute approximate surface area is 162 Å². The highest BCUT2D eigenvalue weighted by atomic mass is 16.2. The van der Waals surface area contributed by atoms with E-state index in [-0.39, 0.29) is 5.91 Å². The zero-order valence-corrected chi connectivity index (χ0v) is 16.3. The Hall–Kier alpha value is -2.33. The van der Waals surface area contributed by atoms with Crippen LogP contribution in [0.3, 0.4) is 0 Å². The molecule has 2 aromatic carbocycles. The first-order valence-corrected chi connectivity index (χ1v) is 9.91. The van der Waals surface area contributed by atoms with E-state index in [9.17, 15) is 4.79 Å². The topological polar surface area (TPSA) is 26.8 Å². The summed E-state index contributed by atoms with van der Waals surface area (Å²) in [6, 6.07) is 18.7. The predicted octanol–water partition coefficient (Wildman–Crippen LogP) is 3.35. The number of fused-ring (bicyclic) bond motifs is 2. The molecule has 1 amide bonds. The van der Waals surface area contributed by atoms with E-state index in [1.165, 1.54) is 12.0 Å². The molecule has 2 aliphatic rings. The highest BCUT2D eigenvalue weighted by molar-refractivity contribution is 5.94. The molecule has 0 spiro atoms. The highest BCUT2D eigenvalue weighted by Gasteiger charge is 2.36. The first kappa shape index (κ1) is 18.1. The maximum Gasteiger partial charge on any atom is 0.253 e. The molecule has 4 nitrogen and oxygen atoms in total. The van der Waals surface area contributed by atoms with Gasteiger partial charge in [0.25, 0.3) is 5.91 Å². The summed E-state index contributed by atoms with van der Waals surface area (Å²) in [6.45, 7) is 4.98. The minimum Gasteiger partial charge on any atom is -0.378 e. The molecule has 0 aliphatic carbocycles. The Kier molecular flexibility index (Phi) is 5.17. The van der Waals surface area contributed by atoms with E-state index in [2.05, 4.69) is 45.0 Å². The summed E-state index contributed by atoms with van der Waals surface area (Å²) in [6.07, 6.45) is 1.26. The minimum atomic E-state index is 0.187. The molecular weight excluding hydrogens is 334 g/mol. The number of nitrogens with zero attached hydrogens (tertiary/aromatic N) is 3. The van der Waals surface area contributed by atoms with Crippen LogP contribution in [-0.2, 0) is 6.54 Å². The first-order valence-electron chi connectivity index (χ1n) is 9.91. The number of hydrogen-bond donors (Lipinski definition) is 0. The number of likely N-dealkylation sites (tertiary alicyclic amines) is 2. The third kappa shape index (κ3) is 4.16. The fourth-order valence-corrected chi connectivity index (χ4v) is 4.61. The number of rotatable bonds is 4. The Morgan fingerprint density at radius 2 is 1.56 bits per heavy atom. The molecule has 2 saturated heterocycles. The van der Waals surface area contributed by atoms with Crippen LogP contribution in [0.25, 0.3) is 0 Å². The van der Waals surface area contributed by atoms with Gasteiger partial charge in [-0.15, -0.1) is 0 Å². The number of benzene rings is 2. The van der Waals surface area contributed by atoms with Crippen molar-refractivity contribution in [2.75, 3.05) is 45.2 Å². The quantitative estimate of drug-likeness (QED) is 0.833. The number of carbonyl (C=O) groups is 1. The first-order chi connectivity index (χ1) is 13.1. The van der Waals surface area contributed by atoms with E-state index < -0.39 is 0 Å². The van der Waals surface area contributed by atoms with Crippen LogP contribution in [0.1, 0.15) is 22.3 Å². The van der Waals surface area contributed by atoms with Crippen molar-refractivity contribution in [3.8, 4) is 0 Å². The maximum absolute atomic E-state index is 13.0. The summed E-state index contributed by atoms with van der Waals surface area (Å²) >= 11 is 0. The monoisotopic (exact) mass is 363 g/mol. The van der Waals surface area contributed by atoms with Gasteiger partial charge in [0.1, 0.15) is 0 Å². The summed E-state index contributed by atoms with van der Waals surface area (Å²) in [5.74, 6) is 1.36. The lowest BCUT2D eigenvalue weighted by atomic mass is 9.84. The summed E-state index contributed by atoms with van der Waals surface area (Å²) in [5.41, 5.74) is 3.31. The van der Waals surface area contributed by atoms with Crippen molar-refractivity contribution in [2.45, 2.75) is 13.0 Å². The van der Waals surface area contributed by atoms with Crippen LogP contribution in [0.2, 0.25) is 0 Å². The Bertz CT molecular complexity index is 758.